The summed E-state index contributed by atoms with van der Waals surface area (Å²) in [6, 6.07) is -0.141. The van der Waals surface area contributed by atoms with Crippen molar-refractivity contribution in [2.24, 2.45) is 0 Å². The van der Waals surface area contributed by atoms with Gasteiger partial charge >= 0.3 is 12.2 Å². The summed E-state index contributed by atoms with van der Waals surface area (Å²) in [5.41, 5.74) is 0. The maximum Gasteiger partial charge on any atom is 0.516 e. The van der Waals surface area contributed by atoms with Gasteiger partial charge in [0.2, 0.25) is 0 Å². The highest BCUT2D eigenvalue weighted by molar-refractivity contribution is 5.62. The third kappa shape index (κ3) is 3.43. The molecule has 0 amide bonds. The maximum atomic E-state index is 10.7. The summed E-state index contributed by atoms with van der Waals surface area (Å²) in [5, 5.41) is 8.31. The first kappa shape index (κ1) is 9.33. The minimum absolute atomic E-state index is 0.121. The van der Waals surface area contributed by atoms with Gasteiger partial charge in [-0.1, -0.05) is 0 Å². The van der Waals surface area contributed by atoms with Crippen LogP contribution in [0.5, 0.6) is 6.01 Å². The van der Waals surface area contributed by atoms with Crippen molar-refractivity contribution in [1.29, 1.82) is 0 Å². The summed E-state index contributed by atoms with van der Waals surface area (Å²) in [6.07, 6.45) is 1.41. The average molecular weight is 185 g/mol. The van der Waals surface area contributed by atoms with Gasteiger partial charge in [0.15, 0.2) is 0 Å². The number of nitrogens with zero attached hydrogens (tertiary/aromatic N) is 3. The summed E-state index contributed by atoms with van der Waals surface area (Å²) in [4.78, 5) is 21.3. The summed E-state index contributed by atoms with van der Waals surface area (Å²) < 4.78 is 8.87. The lowest BCUT2D eigenvalue weighted by molar-refractivity contribution is 0.0780. The lowest BCUT2D eigenvalue weighted by Crippen LogP contribution is -2.14. The first-order valence-corrected chi connectivity index (χ1v) is 3.40. The molecule has 0 aliphatic carbocycles. The molecule has 0 aliphatic heterocycles. The molecule has 0 saturated carbocycles. The zero-order chi connectivity index (χ0) is 9.52. The standard InChI is InChI=1S/C6H7N3O4/c10-1-2-12-6(11)13-5-8-3-7-4-9-5/h3-4,10H,1-2H2. The van der Waals surface area contributed by atoms with Crippen molar-refractivity contribution in [2.45, 2.75) is 0 Å². The van der Waals surface area contributed by atoms with Crippen LogP contribution in [-0.4, -0.2) is 39.4 Å². The highest BCUT2D eigenvalue weighted by Gasteiger charge is 2.06. The van der Waals surface area contributed by atoms with Gasteiger partial charge in [-0.3, -0.25) is 0 Å². The largest absolute Gasteiger partial charge is 0.516 e. The number of ether oxygens (including phenoxy) is 2. The molecule has 0 saturated heterocycles. The van der Waals surface area contributed by atoms with E-state index in [1.165, 1.54) is 12.7 Å². The van der Waals surface area contributed by atoms with E-state index in [-0.39, 0.29) is 19.2 Å². The lowest BCUT2D eigenvalue weighted by atomic mass is 10.8. The molecule has 1 rings (SSSR count). The molecule has 0 atom stereocenters. The van der Waals surface area contributed by atoms with Crippen molar-refractivity contribution in [3.63, 3.8) is 0 Å². The van der Waals surface area contributed by atoms with Crippen LogP contribution in [0.2, 0.25) is 0 Å². The second-order valence-electron chi connectivity index (χ2n) is 1.84. The Labute approximate surface area is 73.4 Å². The van der Waals surface area contributed by atoms with Gasteiger partial charge in [-0.2, -0.15) is 9.97 Å². The van der Waals surface area contributed by atoms with Crippen molar-refractivity contribution in [2.75, 3.05) is 13.2 Å². The monoisotopic (exact) mass is 185 g/mol. The topological polar surface area (TPSA) is 94.4 Å². The molecule has 1 aromatic rings. The first-order valence-electron chi connectivity index (χ1n) is 3.40. The fourth-order valence-corrected chi connectivity index (χ4v) is 0.514. The molecule has 0 spiro atoms. The van der Waals surface area contributed by atoms with E-state index in [0.29, 0.717) is 0 Å². The molecule has 70 valence electrons. The van der Waals surface area contributed by atoms with E-state index in [4.69, 9.17) is 5.11 Å². The molecule has 0 unspecified atom stereocenters. The highest BCUT2D eigenvalue weighted by atomic mass is 16.7. The minimum atomic E-state index is -0.958. The van der Waals surface area contributed by atoms with Crippen molar-refractivity contribution in [1.82, 2.24) is 15.0 Å². The molecule has 0 bridgehead atoms. The predicted octanol–water partition coefficient (Wildman–Crippen LogP) is -0.621. The molecule has 1 aromatic heterocycles. The Hall–Kier alpha value is -1.76. The Kier molecular flexibility index (Phi) is 3.58. The van der Waals surface area contributed by atoms with E-state index in [2.05, 4.69) is 24.4 Å². The van der Waals surface area contributed by atoms with Gasteiger partial charge in [-0.15, -0.1) is 0 Å². The second-order valence-corrected chi connectivity index (χ2v) is 1.84. The van der Waals surface area contributed by atoms with E-state index < -0.39 is 6.16 Å². The number of carbonyl (C=O) groups excluding carboxylic acids is 1. The van der Waals surface area contributed by atoms with Crippen LogP contribution in [0.4, 0.5) is 4.79 Å². The minimum Gasteiger partial charge on any atom is -0.431 e. The average Bonchev–Trinajstić information content (AvgIpc) is 2.16. The van der Waals surface area contributed by atoms with Gasteiger partial charge in [0, 0.05) is 0 Å². The number of hydrogen-bond donors (Lipinski definition) is 1. The van der Waals surface area contributed by atoms with Gasteiger partial charge in [0.25, 0.3) is 0 Å². The van der Waals surface area contributed by atoms with Crippen LogP contribution in [0.25, 0.3) is 0 Å². The number of rotatable bonds is 3. The normalized spacial score (nSPS) is 9.31. The van der Waals surface area contributed by atoms with Crippen LogP contribution in [0.3, 0.4) is 0 Å². The van der Waals surface area contributed by atoms with Gasteiger partial charge in [-0.05, 0) is 0 Å². The Morgan fingerprint density at radius 1 is 1.46 bits per heavy atom. The van der Waals surface area contributed by atoms with Crippen LogP contribution in [0.15, 0.2) is 12.7 Å². The van der Waals surface area contributed by atoms with E-state index in [0.717, 1.165) is 0 Å². The van der Waals surface area contributed by atoms with Crippen LogP contribution in [0.1, 0.15) is 0 Å². The van der Waals surface area contributed by atoms with Crippen molar-refractivity contribution < 1.29 is 19.4 Å². The molecule has 0 radical (unpaired) electrons. The lowest BCUT2D eigenvalue weighted by Gasteiger charge is -2.00. The Bertz CT molecular complexity index is 266. The molecule has 13 heavy (non-hydrogen) atoms. The third-order valence-corrected chi connectivity index (χ3v) is 0.956. The fraction of sp³-hybridized carbons (Fsp3) is 0.333. The third-order valence-electron chi connectivity index (χ3n) is 0.956. The summed E-state index contributed by atoms with van der Waals surface area (Å²) in [6.45, 7) is -0.379. The molecule has 0 fully saturated rings. The SMILES string of the molecule is O=C(OCCO)Oc1ncncn1. The predicted molar refractivity (Wildman–Crippen MR) is 38.9 cm³/mol. The summed E-state index contributed by atoms with van der Waals surface area (Å²) in [7, 11) is 0. The zero-order valence-electron chi connectivity index (χ0n) is 6.58. The molecule has 7 heteroatoms. The molecular formula is C6H7N3O4. The van der Waals surface area contributed by atoms with E-state index in [1.807, 2.05) is 0 Å². The molecule has 7 nitrogen and oxygen atoms in total. The van der Waals surface area contributed by atoms with Gasteiger partial charge < -0.3 is 14.6 Å². The van der Waals surface area contributed by atoms with Crippen molar-refractivity contribution in [3.05, 3.63) is 12.7 Å². The van der Waals surface area contributed by atoms with Crippen molar-refractivity contribution in [3.8, 4) is 6.01 Å². The summed E-state index contributed by atoms with van der Waals surface area (Å²) in [5.74, 6) is 0. The molecule has 0 aromatic carbocycles. The van der Waals surface area contributed by atoms with Crippen LogP contribution >= 0.6 is 0 Å². The Balaban J connectivity index is 2.37. The Morgan fingerprint density at radius 2 is 2.15 bits per heavy atom. The number of aromatic nitrogens is 3. The molecule has 0 aliphatic rings. The fourth-order valence-electron chi connectivity index (χ4n) is 0.514. The Morgan fingerprint density at radius 3 is 2.77 bits per heavy atom. The smallest absolute Gasteiger partial charge is 0.431 e. The van der Waals surface area contributed by atoms with Crippen LogP contribution in [-0.2, 0) is 4.74 Å². The molecule has 1 N–H and O–H groups in total. The molecular weight excluding hydrogens is 178 g/mol. The number of carbonyl (C=O) groups is 1. The second kappa shape index (κ2) is 4.99. The van der Waals surface area contributed by atoms with E-state index in [9.17, 15) is 4.79 Å². The quantitative estimate of drug-likeness (QED) is 0.627. The maximum absolute atomic E-state index is 10.7. The van der Waals surface area contributed by atoms with Crippen LogP contribution in [0, 0.1) is 0 Å². The van der Waals surface area contributed by atoms with Crippen molar-refractivity contribution >= 4 is 6.16 Å². The van der Waals surface area contributed by atoms with E-state index in [1.54, 1.807) is 0 Å². The van der Waals surface area contributed by atoms with E-state index >= 15 is 0 Å². The number of hydrogen-bond acceptors (Lipinski definition) is 7. The number of aliphatic hydroxyl groups excluding tert-OH is 1. The summed E-state index contributed by atoms with van der Waals surface area (Å²) >= 11 is 0. The molecule has 1 heterocycles. The van der Waals surface area contributed by atoms with Gasteiger partial charge in [0.05, 0.1) is 6.61 Å². The van der Waals surface area contributed by atoms with Gasteiger partial charge in [0.1, 0.15) is 19.3 Å². The van der Waals surface area contributed by atoms with Gasteiger partial charge in [-0.25, -0.2) is 9.78 Å². The highest BCUT2D eigenvalue weighted by Crippen LogP contribution is 1.97. The first-order chi connectivity index (χ1) is 6.33. The number of aliphatic hydroxyl groups is 1. The van der Waals surface area contributed by atoms with Crippen LogP contribution < -0.4 is 4.74 Å². The zero-order valence-corrected chi connectivity index (χ0v) is 6.58.